The predicted molar refractivity (Wildman–Crippen MR) is 95.2 cm³/mol. The molecule has 1 N–H and O–H groups in total. The lowest BCUT2D eigenvalue weighted by Crippen LogP contribution is -2.06. The molecule has 0 amide bonds. The zero-order chi connectivity index (χ0) is 16.7. The summed E-state index contributed by atoms with van der Waals surface area (Å²) in [5, 5.41) is 5.21. The number of pyridine rings is 2. The number of hydrogen-bond donors (Lipinski definition) is 1. The van der Waals surface area contributed by atoms with Crippen molar-refractivity contribution in [2.45, 2.75) is 13.0 Å². The van der Waals surface area contributed by atoms with Crippen LogP contribution in [0.4, 0.5) is 10.2 Å². The summed E-state index contributed by atoms with van der Waals surface area (Å²) in [6.07, 6.45) is 4.00. The van der Waals surface area contributed by atoms with E-state index in [-0.39, 0.29) is 5.82 Å². The van der Waals surface area contributed by atoms with Crippen LogP contribution in [0.15, 0.2) is 35.1 Å². The van der Waals surface area contributed by atoms with E-state index < -0.39 is 0 Å². The first-order chi connectivity index (χ1) is 11.6. The number of fused-ring (bicyclic) bond motifs is 2. The number of hydrogen-bond acceptors (Lipinski definition) is 4. The molecule has 0 fully saturated rings. The molecule has 7 heteroatoms. The maximum atomic E-state index is 14.2. The Balaban J connectivity index is 1.71. The molecule has 0 bridgehead atoms. The first kappa shape index (κ1) is 15.6. The third-order valence-electron chi connectivity index (χ3n) is 4.08. The molecular formula is C17H12BrClFN3O. The summed E-state index contributed by atoms with van der Waals surface area (Å²) in [5.41, 5.74) is 1.53. The molecule has 122 valence electrons. The van der Waals surface area contributed by atoms with Gasteiger partial charge in [0.1, 0.15) is 22.5 Å². The third kappa shape index (κ3) is 2.59. The van der Waals surface area contributed by atoms with Crippen LogP contribution in [0.1, 0.15) is 11.1 Å². The van der Waals surface area contributed by atoms with E-state index in [1.165, 1.54) is 6.07 Å². The molecule has 4 nitrogen and oxygen atoms in total. The lowest BCUT2D eigenvalue weighted by atomic mass is 10.0. The van der Waals surface area contributed by atoms with Crippen molar-refractivity contribution < 1.29 is 9.13 Å². The Hall–Kier alpha value is -1.92. The molecule has 1 aliphatic heterocycles. The molecule has 1 aromatic carbocycles. The Morgan fingerprint density at radius 1 is 1.29 bits per heavy atom. The molecule has 0 saturated carbocycles. The predicted octanol–water partition coefficient (Wildman–Crippen LogP) is 4.73. The summed E-state index contributed by atoms with van der Waals surface area (Å²) in [6, 6.07) is 4.95. The molecule has 4 rings (SSSR count). The van der Waals surface area contributed by atoms with Crippen LogP contribution in [0.5, 0.6) is 5.75 Å². The van der Waals surface area contributed by atoms with Crippen LogP contribution in [0.2, 0.25) is 5.15 Å². The fourth-order valence-electron chi connectivity index (χ4n) is 2.94. The summed E-state index contributed by atoms with van der Waals surface area (Å²) in [4.78, 5) is 8.48. The lowest BCUT2D eigenvalue weighted by Gasteiger charge is -2.13. The van der Waals surface area contributed by atoms with E-state index in [1.807, 2.05) is 6.07 Å². The Bertz CT molecular complexity index is 943. The van der Waals surface area contributed by atoms with Crippen molar-refractivity contribution in [3.05, 3.63) is 57.2 Å². The first-order valence-corrected chi connectivity index (χ1v) is 8.58. The molecule has 24 heavy (non-hydrogen) atoms. The van der Waals surface area contributed by atoms with Gasteiger partial charge < -0.3 is 10.1 Å². The number of anilines is 1. The SMILES string of the molecule is Fc1ccc2c(c1CNc1ncc(Br)c3c(Cl)nccc13)CCO2. The lowest BCUT2D eigenvalue weighted by molar-refractivity contribution is 0.356. The Kier molecular flexibility index (Phi) is 4.02. The van der Waals surface area contributed by atoms with Crippen LogP contribution in [-0.2, 0) is 13.0 Å². The Morgan fingerprint density at radius 3 is 3.04 bits per heavy atom. The number of benzene rings is 1. The monoisotopic (exact) mass is 407 g/mol. The minimum absolute atomic E-state index is 0.243. The van der Waals surface area contributed by atoms with Gasteiger partial charge in [-0.1, -0.05) is 11.6 Å². The van der Waals surface area contributed by atoms with E-state index >= 15 is 0 Å². The van der Waals surface area contributed by atoms with Crippen molar-refractivity contribution >= 4 is 44.1 Å². The summed E-state index contributed by atoms with van der Waals surface area (Å²) in [6.45, 7) is 0.911. The Labute approximate surface area is 151 Å². The highest BCUT2D eigenvalue weighted by Crippen LogP contribution is 2.34. The topological polar surface area (TPSA) is 47.0 Å². The second-order valence-corrected chi connectivity index (χ2v) is 6.65. The van der Waals surface area contributed by atoms with Crippen LogP contribution in [0, 0.1) is 5.82 Å². The number of aromatic nitrogens is 2. The van der Waals surface area contributed by atoms with E-state index in [2.05, 4.69) is 31.2 Å². The van der Waals surface area contributed by atoms with Crippen LogP contribution in [0.3, 0.4) is 0 Å². The molecular weight excluding hydrogens is 397 g/mol. The second-order valence-electron chi connectivity index (χ2n) is 5.43. The molecule has 0 spiro atoms. The molecule has 2 aromatic heterocycles. The molecule has 1 aliphatic rings. The van der Waals surface area contributed by atoms with Gasteiger partial charge in [0, 0.05) is 51.7 Å². The van der Waals surface area contributed by atoms with Gasteiger partial charge in [-0.3, -0.25) is 0 Å². The maximum absolute atomic E-state index is 14.2. The van der Waals surface area contributed by atoms with Gasteiger partial charge in [-0.25, -0.2) is 14.4 Å². The number of rotatable bonds is 3. The zero-order valence-corrected chi connectivity index (χ0v) is 14.8. The van der Waals surface area contributed by atoms with E-state index in [9.17, 15) is 4.39 Å². The van der Waals surface area contributed by atoms with Gasteiger partial charge in [0.05, 0.1) is 6.61 Å². The fraction of sp³-hybridized carbons (Fsp3) is 0.176. The van der Waals surface area contributed by atoms with Gasteiger partial charge in [-0.2, -0.15) is 0 Å². The number of nitrogens with zero attached hydrogens (tertiary/aromatic N) is 2. The first-order valence-electron chi connectivity index (χ1n) is 7.41. The van der Waals surface area contributed by atoms with E-state index in [4.69, 9.17) is 16.3 Å². The molecule has 0 aliphatic carbocycles. The summed E-state index contributed by atoms with van der Waals surface area (Å²) < 4.78 is 20.5. The van der Waals surface area contributed by atoms with E-state index in [1.54, 1.807) is 18.5 Å². The van der Waals surface area contributed by atoms with Crippen LogP contribution >= 0.6 is 27.5 Å². The number of halogens is 3. The standard InChI is InChI=1S/C17H12BrClFN3O/c18-12-8-23-17(10-3-5-21-16(19)15(10)12)22-7-11-9-4-6-24-14(9)2-1-13(11)20/h1-3,5,8H,4,6-7H2,(H,22,23). The van der Waals surface area contributed by atoms with Gasteiger partial charge in [-0.05, 0) is 34.1 Å². The highest BCUT2D eigenvalue weighted by atomic mass is 79.9. The summed E-state index contributed by atoms with van der Waals surface area (Å²) in [7, 11) is 0. The van der Waals surface area contributed by atoms with Crippen molar-refractivity contribution in [3.8, 4) is 5.75 Å². The normalized spacial score (nSPS) is 13.0. The van der Waals surface area contributed by atoms with Crippen LogP contribution < -0.4 is 10.1 Å². The average Bonchev–Trinajstić information content (AvgIpc) is 3.04. The Morgan fingerprint density at radius 2 is 2.17 bits per heavy atom. The van der Waals surface area contributed by atoms with Crippen molar-refractivity contribution in [2.75, 3.05) is 11.9 Å². The highest BCUT2D eigenvalue weighted by molar-refractivity contribution is 9.10. The minimum atomic E-state index is -0.243. The van der Waals surface area contributed by atoms with Crippen molar-refractivity contribution in [3.63, 3.8) is 0 Å². The average molecular weight is 409 g/mol. The minimum Gasteiger partial charge on any atom is -0.493 e. The molecule has 0 unspecified atom stereocenters. The van der Waals surface area contributed by atoms with Crippen molar-refractivity contribution in [2.24, 2.45) is 0 Å². The smallest absolute Gasteiger partial charge is 0.138 e. The van der Waals surface area contributed by atoms with Gasteiger partial charge in [0.15, 0.2) is 0 Å². The molecule has 3 aromatic rings. The van der Waals surface area contributed by atoms with Crippen molar-refractivity contribution in [1.29, 1.82) is 0 Å². The number of ether oxygens (including phenoxy) is 1. The van der Waals surface area contributed by atoms with Gasteiger partial charge >= 0.3 is 0 Å². The second kappa shape index (κ2) is 6.18. The third-order valence-corrected chi connectivity index (χ3v) is 4.97. The van der Waals surface area contributed by atoms with Crippen molar-refractivity contribution in [1.82, 2.24) is 9.97 Å². The summed E-state index contributed by atoms with van der Waals surface area (Å²) in [5.74, 6) is 1.15. The zero-order valence-electron chi connectivity index (χ0n) is 12.4. The fourth-order valence-corrected chi connectivity index (χ4v) is 3.81. The summed E-state index contributed by atoms with van der Waals surface area (Å²) >= 11 is 9.62. The van der Waals surface area contributed by atoms with Crippen LogP contribution in [0.25, 0.3) is 10.8 Å². The maximum Gasteiger partial charge on any atom is 0.138 e. The van der Waals surface area contributed by atoms with E-state index in [0.29, 0.717) is 36.1 Å². The van der Waals surface area contributed by atoms with E-state index in [0.717, 1.165) is 26.6 Å². The molecule has 0 atom stereocenters. The number of nitrogens with one attached hydrogen (secondary N) is 1. The van der Waals surface area contributed by atoms with Gasteiger partial charge in [-0.15, -0.1) is 0 Å². The highest BCUT2D eigenvalue weighted by Gasteiger charge is 2.19. The molecule has 0 radical (unpaired) electrons. The molecule has 0 saturated heterocycles. The van der Waals surface area contributed by atoms with Gasteiger partial charge in [0.2, 0.25) is 0 Å². The largest absolute Gasteiger partial charge is 0.493 e. The molecule has 3 heterocycles. The van der Waals surface area contributed by atoms with Gasteiger partial charge in [0.25, 0.3) is 0 Å². The van der Waals surface area contributed by atoms with Crippen LogP contribution in [-0.4, -0.2) is 16.6 Å². The quantitative estimate of drug-likeness (QED) is 0.636.